The third kappa shape index (κ3) is 3.26. The van der Waals surface area contributed by atoms with Crippen LogP contribution in [0.1, 0.15) is 29.6 Å². The number of nitrogens with two attached hydrogens (primary N) is 1. The van der Waals surface area contributed by atoms with Gasteiger partial charge in [-0.3, -0.25) is 9.59 Å². The summed E-state index contributed by atoms with van der Waals surface area (Å²) < 4.78 is 13.2. The number of likely N-dealkylation sites (tertiary alicyclic amines) is 1. The van der Waals surface area contributed by atoms with Gasteiger partial charge < -0.3 is 15.7 Å². The first kappa shape index (κ1) is 14.3. The van der Waals surface area contributed by atoms with Crippen molar-refractivity contribution in [3.05, 3.63) is 29.6 Å². The number of anilines is 1. The lowest BCUT2D eigenvalue weighted by Crippen LogP contribution is -2.39. The molecule has 6 heteroatoms. The average Bonchev–Trinajstić information content (AvgIpc) is 2.41. The molecule has 2 rings (SSSR count). The summed E-state index contributed by atoms with van der Waals surface area (Å²) in [5, 5.41) is 8.75. The molecule has 5 nitrogen and oxygen atoms in total. The Morgan fingerprint density at radius 3 is 2.60 bits per heavy atom. The number of carboxylic acid groups (broad SMARTS) is 1. The van der Waals surface area contributed by atoms with Crippen molar-refractivity contribution < 1.29 is 19.1 Å². The number of carboxylic acids is 1. The summed E-state index contributed by atoms with van der Waals surface area (Å²) in [6.45, 7) is 0.958. The van der Waals surface area contributed by atoms with E-state index in [2.05, 4.69) is 0 Å². The molecule has 3 N–H and O–H groups in total. The maximum atomic E-state index is 13.2. The number of carbonyl (C=O) groups is 2. The number of halogens is 1. The predicted molar refractivity (Wildman–Crippen MR) is 71.7 cm³/mol. The van der Waals surface area contributed by atoms with Gasteiger partial charge >= 0.3 is 5.97 Å². The molecular weight excluding hydrogens is 263 g/mol. The summed E-state index contributed by atoms with van der Waals surface area (Å²) in [5.41, 5.74) is 6.12. The first-order valence-electron chi connectivity index (χ1n) is 6.53. The normalized spacial score (nSPS) is 16.1. The largest absolute Gasteiger partial charge is 0.481 e. The second kappa shape index (κ2) is 5.90. The maximum Gasteiger partial charge on any atom is 0.303 e. The van der Waals surface area contributed by atoms with Crippen LogP contribution in [0.4, 0.5) is 10.1 Å². The Morgan fingerprint density at radius 1 is 1.35 bits per heavy atom. The van der Waals surface area contributed by atoms with Crippen LogP contribution < -0.4 is 5.73 Å². The van der Waals surface area contributed by atoms with Crippen molar-refractivity contribution in [1.29, 1.82) is 0 Å². The molecule has 0 radical (unpaired) electrons. The van der Waals surface area contributed by atoms with Gasteiger partial charge in [0.2, 0.25) is 0 Å². The van der Waals surface area contributed by atoms with Crippen molar-refractivity contribution in [2.24, 2.45) is 5.92 Å². The molecule has 1 fully saturated rings. The highest BCUT2D eigenvalue weighted by atomic mass is 19.1. The van der Waals surface area contributed by atoms with Crippen LogP contribution in [0.25, 0.3) is 0 Å². The van der Waals surface area contributed by atoms with Crippen molar-refractivity contribution in [3.8, 4) is 0 Å². The Bertz CT molecular complexity index is 525. The topological polar surface area (TPSA) is 83.6 Å². The molecule has 0 aliphatic carbocycles. The maximum absolute atomic E-state index is 13.2. The average molecular weight is 280 g/mol. The molecule has 1 heterocycles. The Labute approximate surface area is 116 Å². The molecule has 0 unspecified atom stereocenters. The van der Waals surface area contributed by atoms with Crippen molar-refractivity contribution in [2.75, 3.05) is 18.8 Å². The molecular formula is C14H17FN2O3. The third-order valence-electron chi connectivity index (χ3n) is 3.61. The summed E-state index contributed by atoms with van der Waals surface area (Å²) in [5.74, 6) is -1.51. The van der Waals surface area contributed by atoms with Crippen LogP contribution in [0.5, 0.6) is 0 Å². The van der Waals surface area contributed by atoms with E-state index in [4.69, 9.17) is 10.8 Å². The SMILES string of the molecule is Nc1ccc(F)cc1C(=O)N1CCC(CC(=O)O)CC1. The summed E-state index contributed by atoms with van der Waals surface area (Å²) in [6.07, 6.45) is 1.42. The third-order valence-corrected chi connectivity index (χ3v) is 3.61. The molecule has 0 aromatic heterocycles. The predicted octanol–water partition coefficient (Wildman–Crippen LogP) is 1.73. The van der Waals surface area contributed by atoms with Gasteiger partial charge in [0, 0.05) is 25.2 Å². The molecule has 20 heavy (non-hydrogen) atoms. The van der Waals surface area contributed by atoms with Crippen LogP contribution in [-0.2, 0) is 4.79 Å². The van der Waals surface area contributed by atoms with Crippen LogP contribution >= 0.6 is 0 Å². The summed E-state index contributed by atoms with van der Waals surface area (Å²) in [6, 6.07) is 3.73. The Hall–Kier alpha value is -2.11. The Kier molecular flexibility index (Phi) is 4.22. The minimum atomic E-state index is -0.816. The van der Waals surface area contributed by atoms with E-state index in [9.17, 15) is 14.0 Å². The lowest BCUT2D eigenvalue weighted by molar-refractivity contribution is -0.138. The Balaban J connectivity index is 2.01. The number of amides is 1. The fourth-order valence-corrected chi connectivity index (χ4v) is 2.47. The highest BCUT2D eigenvalue weighted by molar-refractivity contribution is 5.99. The van der Waals surface area contributed by atoms with Gasteiger partial charge in [-0.15, -0.1) is 0 Å². The molecule has 1 aliphatic heterocycles. The van der Waals surface area contributed by atoms with Crippen LogP contribution in [0.3, 0.4) is 0 Å². The minimum Gasteiger partial charge on any atom is -0.481 e. The first-order chi connectivity index (χ1) is 9.47. The summed E-state index contributed by atoms with van der Waals surface area (Å²) in [4.78, 5) is 24.5. The monoisotopic (exact) mass is 280 g/mol. The second-order valence-electron chi connectivity index (χ2n) is 5.07. The standard InChI is InChI=1S/C14H17FN2O3/c15-10-1-2-12(16)11(8-10)14(20)17-5-3-9(4-6-17)7-13(18)19/h1-2,8-9H,3-7,16H2,(H,18,19). The van der Waals surface area contributed by atoms with Gasteiger partial charge in [-0.25, -0.2) is 4.39 Å². The van der Waals surface area contributed by atoms with Gasteiger partial charge in [0.1, 0.15) is 5.82 Å². The van der Waals surface area contributed by atoms with E-state index >= 15 is 0 Å². The fraction of sp³-hybridized carbons (Fsp3) is 0.429. The van der Waals surface area contributed by atoms with E-state index in [0.717, 1.165) is 6.07 Å². The molecule has 1 aliphatic rings. The highest BCUT2D eigenvalue weighted by Crippen LogP contribution is 2.23. The quantitative estimate of drug-likeness (QED) is 0.826. The molecule has 0 spiro atoms. The van der Waals surface area contributed by atoms with E-state index in [1.807, 2.05) is 0 Å². The summed E-state index contributed by atoms with van der Waals surface area (Å²) in [7, 11) is 0. The lowest BCUT2D eigenvalue weighted by Gasteiger charge is -2.31. The zero-order valence-corrected chi connectivity index (χ0v) is 11.0. The molecule has 1 saturated heterocycles. The minimum absolute atomic E-state index is 0.0985. The van der Waals surface area contributed by atoms with E-state index in [1.165, 1.54) is 12.1 Å². The number of nitrogen functional groups attached to an aromatic ring is 1. The second-order valence-corrected chi connectivity index (χ2v) is 5.07. The van der Waals surface area contributed by atoms with Crippen molar-refractivity contribution >= 4 is 17.6 Å². The van der Waals surface area contributed by atoms with Crippen LogP contribution in [-0.4, -0.2) is 35.0 Å². The molecule has 1 aromatic carbocycles. The van der Waals surface area contributed by atoms with Crippen LogP contribution in [0.15, 0.2) is 18.2 Å². The van der Waals surface area contributed by atoms with Gasteiger partial charge in [0.05, 0.1) is 5.56 Å². The van der Waals surface area contributed by atoms with E-state index in [1.54, 1.807) is 4.90 Å². The zero-order valence-electron chi connectivity index (χ0n) is 11.0. The number of hydrogen-bond donors (Lipinski definition) is 2. The number of aliphatic carboxylic acids is 1. The van der Waals surface area contributed by atoms with Crippen molar-refractivity contribution in [2.45, 2.75) is 19.3 Å². The first-order valence-corrected chi connectivity index (χ1v) is 6.53. The zero-order chi connectivity index (χ0) is 14.7. The highest BCUT2D eigenvalue weighted by Gasteiger charge is 2.26. The van der Waals surface area contributed by atoms with Crippen LogP contribution in [0.2, 0.25) is 0 Å². The number of rotatable bonds is 3. The van der Waals surface area contributed by atoms with E-state index < -0.39 is 11.8 Å². The number of nitrogens with zero attached hydrogens (tertiary/aromatic N) is 1. The lowest BCUT2D eigenvalue weighted by atomic mass is 9.93. The smallest absolute Gasteiger partial charge is 0.303 e. The van der Waals surface area contributed by atoms with Gasteiger partial charge in [-0.1, -0.05) is 0 Å². The Morgan fingerprint density at radius 2 is 2.00 bits per heavy atom. The number of carbonyl (C=O) groups excluding carboxylic acids is 1. The number of benzene rings is 1. The summed E-state index contributed by atoms with van der Waals surface area (Å²) >= 11 is 0. The molecule has 108 valence electrons. The van der Waals surface area contributed by atoms with Crippen molar-refractivity contribution in [3.63, 3.8) is 0 Å². The van der Waals surface area contributed by atoms with Gasteiger partial charge in [0.25, 0.3) is 5.91 Å². The molecule has 1 amide bonds. The van der Waals surface area contributed by atoms with E-state index in [0.29, 0.717) is 25.9 Å². The van der Waals surface area contributed by atoms with Gasteiger partial charge in [-0.2, -0.15) is 0 Å². The van der Waals surface area contributed by atoms with Gasteiger partial charge in [0.15, 0.2) is 0 Å². The van der Waals surface area contributed by atoms with Crippen LogP contribution in [0, 0.1) is 11.7 Å². The molecule has 0 atom stereocenters. The number of piperidine rings is 1. The fourth-order valence-electron chi connectivity index (χ4n) is 2.47. The van der Waals surface area contributed by atoms with Crippen molar-refractivity contribution in [1.82, 2.24) is 4.90 Å². The molecule has 0 saturated carbocycles. The van der Waals surface area contributed by atoms with Gasteiger partial charge in [-0.05, 0) is 37.0 Å². The van der Waals surface area contributed by atoms with E-state index in [-0.39, 0.29) is 29.5 Å². The number of hydrogen-bond acceptors (Lipinski definition) is 3. The molecule has 0 bridgehead atoms. The molecule has 1 aromatic rings.